The van der Waals surface area contributed by atoms with Crippen LogP contribution in [0.25, 0.3) is 0 Å². The number of hydrogen-bond acceptors (Lipinski definition) is 12. The van der Waals surface area contributed by atoms with E-state index in [1.165, 1.54) is 0 Å². The monoisotopic (exact) mass is 758 g/mol. The number of aromatic nitrogens is 2. The molecule has 3 aromatic rings. The summed E-state index contributed by atoms with van der Waals surface area (Å²) in [6.07, 6.45) is 3.04. The van der Waals surface area contributed by atoms with Gasteiger partial charge in [-0.1, -0.05) is 42.5 Å². The zero-order chi connectivity index (χ0) is 38.6. The molecule has 5 heterocycles. The molecule has 0 radical (unpaired) electrons. The number of benzene rings is 1. The van der Waals surface area contributed by atoms with Crippen LogP contribution in [-0.4, -0.2) is 95.6 Å². The molecule has 0 saturated carbocycles. The Labute approximate surface area is 320 Å². The van der Waals surface area contributed by atoms with Gasteiger partial charge in [-0.2, -0.15) is 0 Å². The Kier molecular flexibility index (Phi) is 13.7. The molecule has 1 unspecified atom stereocenters. The molecular formula is C39H50N8O8. The van der Waals surface area contributed by atoms with Crippen LogP contribution in [0.1, 0.15) is 48.8 Å². The van der Waals surface area contributed by atoms with Crippen molar-refractivity contribution in [2.75, 3.05) is 50.9 Å². The second kappa shape index (κ2) is 19.2. The van der Waals surface area contributed by atoms with Crippen LogP contribution in [0.2, 0.25) is 0 Å². The van der Waals surface area contributed by atoms with Crippen LogP contribution in [-0.2, 0) is 48.2 Å². The Morgan fingerprint density at radius 2 is 1.25 bits per heavy atom. The number of carbonyl (C=O) groups excluding carboxylic acids is 4. The number of nitrogens with one attached hydrogen (secondary N) is 2. The van der Waals surface area contributed by atoms with Crippen molar-refractivity contribution >= 4 is 35.6 Å². The van der Waals surface area contributed by atoms with Gasteiger partial charge in [0.15, 0.2) is 0 Å². The smallest absolute Gasteiger partial charge is 0.412 e. The summed E-state index contributed by atoms with van der Waals surface area (Å²) in [6, 6.07) is 16.6. The van der Waals surface area contributed by atoms with Gasteiger partial charge in [0.2, 0.25) is 18.1 Å². The molecule has 0 aliphatic carbocycles. The third kappa shape index (κ3) is 11.3. The van der Waals surface area contributed by atoms with Crippen LogP contribution in [0.3, 0.4) is 0 Å². The highest BCUT2D eigenvalue weighted by molar-refractivity contribution is 5.79. The topological polar surface area (TPSA) is 214 Å². The van der Waals surface area contributed by atoms with Crippen molar-refractivity contribution in [3.63, 3.8) is 0 Å². The van der Waals surface area contributed by atoms with Crippen molar-refractivity contribution < 1.29 is 38.1 Å². The number of anilines is 2. The predicted octanol–water partition coefficient (Wildman–Crippen LogP) is 3.22. The fraction of sp³-hybridized carbons (Fsp3) is 0.487. The highest BCUT2D eigenvalue weighted by Gasteiger charge is 2.40. The first-order valence-corrected chi connectivity index (χ1v) is 18.8. The van der Waals surface area contributed by atoms with Crippen molar-refractivity contribution in [3.8, 4) is 0 Å². The molecule has 6 rings (SSSR count). The molecule has 3 saturated heterocycles. The lowest BCUT2D eigenvalue weighted by Crippen LogP contribution is -2.50. The third-order valence-electron chi connectivity index (χ3n) is 10.3. The van der Waals surface area contributed by atoms with Crippen LogP contribution < -0.4 is 22.1 Å². The maximum atomic E-state index is 13.4. The summed E-state index contributed by atoms with van der Waals surface area (Å²) < 4.78 is 24.0. The molecule has 1 aromatic carbocycles. The van der Waals surface area contributed by atoms with Gasteiger partial charge in [0.05, 0.1) is 19.8 Å². The molecule has 2 aromatic heterocycles. The van der Waals surface area contributed by atoms with Gasteiger partial charge in [-0.15, -0.1) is 0 Å². The SMILES string of the molecule is Nc1ccc(CNC(=O)C2CCN(C(=O)OC[C@H]3CCO[C@@H](OC(=O)N4CCC(C(=O)NCc5ccc(N)nc5)CC4)C3OCc3ccccc3)CC2)cn1. The van der Waals surface area contributed by atoms with E-state index in [-0.39, 0.29) is 49.4 Å². The molecule has 16 nitrogen and oxygen atoms in total. The van der Waals surface area contributed by atoms with Gasteiger partial charge in [-0.3, -0.25) is 9.59 Å². The predicted molar refractivity (Wildman–Crippen MR) is 200 cm³/mol. The minimum Gasteiger partial charge on any atom is -0.449 e. The summed E-state index contributed by atoms with van der Waals surface area (Å²) >= 11 is 0. The summed E-state index contributed by atoms with van der Waals surface area (Å²) in [5.74, 6) is -0.0713. The highest BCUT2D eigenvalue weighted by Crippen LogP contribution is 2.28. The van der Waals surface area contributed by atoms with Gasteiger partial charge in [-0.25, -0.2) is 19.6 Å². The molecule has 55 heavy (non-hydrogen) atoms. The van der Waals surface area contributed by atoms with Crippen molar-refractivity contribution in [2.24, 2.45) is 17.8 Å². The molecule has 6 N–H and O–H groups in total. The average molecular weight is 759 g/mol. The first kappa shape index (κ1) is 39.2. The first-order valence-electron chi connectivity index (χ1n) is 18.8. The number of carbonyl (C=O) groups is 4. The summed E-state index contributed by atoms with van der Waals surface area (Å²) in [6.45, 7) is 2.74. The number of piperidine rings is 2. The van der Waals surface area contributed by atoms with Crippen LogP contribution in [0.5, 0.6) is 0 Å². The second-order valence-electron chi connectivity index (χ2n) is 14.2. The molecule has 0 bridgehead atoms. The zero-order valence-corrected chi connectivity index (χ0v) is 30.8. The Hall–Kier alpha value is -5.48. The van der Waals surface area contributed by atoms with E-state index in [2.05, 4.69) is 20.6 Å². The van der Waals surface area contributed by atoms with Crippen LogP contribution in [0.4, 0.5) is 21.2 Å². The maximum absolute atomic E-state index is 13.4. The van der Waals surface area contributed by atoms with Crippen molar-refractivity contribution in [2.45, 2.75) is 64.2 Å². The Bertz CT molecular complexity index is 1720. The molecular weight excluding hydrogens is 708 g/mol. The summed E-state index contributed by atoms with van der Waals surface area (Å²) in [7, 11) is 0. The lowest BCUT2D eigenvalue weighted by molar-refractivity contribution is -0.231. The number of hydrogen-bond donors (Lipinski definition) is 4. The Balaban J connectivity index is 0.973. The standard InChI is InChI=1S/C39H50N8O8/c40-32-8-6-27(20-42-32)22-44-35(48)29-10-15-46(16-11-29)38(50)54-25-31-14-19-52-37(34(31)53-24-26-4-2-1-3-5-26)55-39(51)47-17-12-30(13-18-47)36(49)45-23-28-7-9-33(41)43-21-28/h1-9,20-21,29-31,34,37H,10-19,22-25H2,(H2,40,42)(H2,41,43)(H,44,48)(H,45,49)/t31-,34?,37+/m1/s1. The van der Waals surface area contributed by atoms with Crippen molar-refractivity contribution in [3.05, 3.63) is 83.7 Å². The zero-order valence-electron chi connectivity index (χ0n) is 30.8. The van der Waals surface area contributed by atoms with Gasteiger partial charge in [0, 0.05) is 69.4 Å². The van der Waals surface area contributed by atoms with E-state index in [4.69, 9.17) is 30.4 Å². The minimum absolute atomic E-state index is 0.0404. The van der Waals surface area contributed by atoms with E-state index >= 15 is 0 Å². The fourth-order valence-corrected chi connectivity index (χ4v) is 6.92. The van der Waals surface area contributed by atoms with Crippen LogP contribution >= 0.6 is 0 Å². The quantitative estimate of drug-likeness (QED) is 0.210. The highest BCUT2D eigenvalue weighted by atomic mass is 16.7. The lowest BCUT2D eigenvalue weighted by atomic mass is 9.95. The molecule has 3 fully saturated rings. The van der Waals surface area contributed by atoms with Gasteiger partial charge < -0.3 is 50.8 Å². The second-order valence-corrected chi connectivity index (χ2v) is 14.2. The number of likely N-dealkylation sites (tertiary alicyclic amines) is 2. The van der Waals surface area contributed by atoms with Gasteiger partial charge >= 0.3 is 12.2 Å². The van der Waals surface area contributed by atoms with E-state index in [0.717, 1.165) is 16.7 Å². The van der Waals surface area contributed by atoms with E-state index in [0.29, 0.717) is 83.0 Å². The lowest BCUT2D eigenvalue weighted by Gasteiger charge is -2.39. The van der Waals surface area contributed by atoms with E-state index in [1.807, 2.05) is 42.5 Å². The van der Waals surface area contributed by atoms with Crippen molar-refractivity contribution in [1.29, 1.82) is 0 Å². The molecule has 294 valence electrons. The number of ether oxygens (including phenoxy) is 4. The molecule has 16 heteroatoms. The molecule has 3 atom stereocenters. The van der Waals surface area contributed by atoms with Gasteiger partial charge in [0.1, 0.15) is 17.7 Å². The average Bonchev–Trinajstić information content (AvgIpc) is 3.22. The fourth-order valence-electron chi connectivity index (χ4n) is 6.92. The van der Waals surface area contributed by atoms with E-state index in [9.17, 15) is 19.2 Å². The Morgan fingerprint density at radius 3 is 1.78 bits per heavy atom. The van der Waals surface area contributed by atoms with Crippen LogP contribution in [0, 0.1) is 17.8 Å². The largest absolute Gasteiger partial charge is 0.449 e. The number of nitrogen functional groups attached to an aromatic ring is 2. The summed E-state index contributed by atoms with van der Waals surface area (Å²) in [4.78, 5) is 63.5. The Morgan fingerprint density at radius 1 is 0.709 bits per heavy atom. The van der Waals surface area contributed by atoms with Gasteiger partial charge in [0.25, 0.3) is 0 Å². The van der Waals surface area contributed by atoms with Crippen LogP contribution in [0.15, 0.2) is 67.0 Å². The molecule has 4 amide bonds. The maximum Gasteiger partial charge on any atom is 0.412 e. The molecule has 0 spiro atoms. The number of nitrogens with zero attached hydrogens (tertiary/aromatic N) is 4. The number of nitrogens with two attached hydrogens (primary N) is 2. The molecule has 3 aliphatic rings. The summed E-state index contributed by atoms with van der Waals surface area (Å²) in [5, 5.41) is 5.89. The van der Waals surface area contributed by atoms with E-state index < -0.39 is 24.6 Å². The summed E-state index contributed by atoms with van der Waals surface area (Å²) in [5.41, 5.74) is 13.9. The van der Waals surface area contributed by atoms with Crippen molar-refractivity contribution in [1.82, 2.24) is 30.4 Å². The number of pyridine rings is 2. The number of rotatable bonds is 12. The first-order chi connectivity index (χ1) is 26.7. The normalized spacial score (nSPS) is 20.7. The van der Waals surface area contributed by atoms with Gasteiger partial charge in [-0.05, 0) is 60.9 Å². The third-order valence-corrected chi connectivity index (χ3v) is 10.3. The minimum atomic E-state index is -1.03. The molecule has 3 aliphatic heterocycles. The number of amides is 4. The van der Waals surface area contributed by atoms with E-state index in [1.54, 1.807) is 34.3 Å².